The number of aromatic nitrogens is 2. The van der Waals surface area contributed by atoms with Gasteiger partial charge >= 0.3 is 0 Å². The SMILES string of the molecule is Cc1ccccc1[C@@H]1[C@H]2CN(c3nncs3)C[C@H]2CN1C(=O)c1ccccc1. The maximum atomic E-state index is 13.4. The van der Waals surface area contributed by atoms with Gasteiger partial charge in [0.1, 0.15) is 5.51 Å². The molecule has 0 unspecified atom stereocenters. The molecule has 142 valence electrons. The van der Waals surface area contributed by atoms with Gasteiger partial charge in [0.2, 0.25) is 5.13 Å². The van der Waals surface area contributed by atoms with E-state index < -0.39 is 0 Å². The Kier molecular flexibility index (Phi) is 4.36. The molecule has 6 heteroatoms. The Labute approximate surface area is 168 Å². The van der Waals surface area contributed by atoms with E-state index in [1.54, 1.807) is 16.8 Å². The molecule has 0 spiro atoms. The van der Waals surface area contributed by atoms with Gasteiger partial charge in [-0.25, -0.2) is 0 Å². The van der Waals surface area contributed by atoms with Crippen LogP contribution in [0.3, 0.4) is 0 Å². The molecule has 3 atom stereocenters. The lowest BCUT2D eigenvalue weighted by Gasteiger charge is -2.31. The lowest BCUT2D eigenvalue weighted by Crippen LogP contribution is -2.36. The second-order valence-electron chi connectivity index (χ2n) is 7.68. The van der Waals surface area contributed by atoms with Crippen molar-refractivity contribution in [2.75, 3.05) is 24.5 Å². The first-order chi connectivity index (χ1) is 13.7. The molecular weight excluding hydrogens is 368 g/mol. The van der Waals surface area contributed by atoms with Crippen LogP contribution in [0.15, 0.2) is 60.1 Å². The highest BCUT2D eigenvalue weighted by atomic mass is 32.1. The Balaban J connectivity index is 1.51. The number of carbonyl (C=O) groups is 1. The van der Waals surface area contributed by atoms with Crippen LogP contribution in [-0.2, 0) is 0 Å². The second kappa shape index (κ2) is 7.02. The summed E-state index contributed by atoms with van der Waals surface area (Å²) in [6, 6.07) is 18.2. The number of nitrogens with zero attached hydrogens (tertiary/aromatic N) is 4. The molecule has 2 aromatic carbocycles. The van der Waals surface area contributed by atoms with Crippen LogP contribution < -0.4 is 4.90 Å². The van der Waals surface area contributed by atoms with E-state index in [4.69, 9.17) is 0 Å². The number of aryl methyl sites for hydroxylation is 1. The predicted octanol–water partition coefficient (Wildman–Crippen LogP) is 3.80. The summed E-state index contributed by atoms with van der Waals surface area (Å²) < 4.78 is 0. The van der Waals surface area contributed by atoms with Crippen LogP contribution in [0.2, 0.25) is 0 Å². The number of carbonyl (C=O) groups excluding carboxylic acids is 1. The number of fused-ring (bicyclic) bond motifs is 1. The second-order valence-corrected chi connectivity index (χ2v) is 8.49. The van der Waals surface area contributed by atoms with Crippen molar-refractivity contribution in [1.29, 1.82) is 0 Å². The molecule has 0 bridgehead atoms. The fraction of sp³-hybridized carbons (Fsp3) is 0.318. The number of hydrogen-bond acceptors (Lipinski definition) is 5. The zero-order valence-corrected chi connectivity index (χ0v) is 16.5. The third kappa shape index (κ3) is 2.88. The normalized spacial score (nSPS) is 23.8. The minimum atomic E-state index is 0.0943. The molecule has 3 aromatic rings. The van der Waals surface area contributed by atoms with E-state index in [1.807, 2.05) is 30.3 Å². The smallest absolute Gasteiger partial charge is 0.254 e. The van der Waals surface area contributed by atoms with E-state index in [-0.39, 0.29) is 11.9 Å². The highest BCUT2D eigenvalue weighted by Crippen LogP contribution is 2.47. The van der Waals surface area contributed by atoms with Crippen molar-refractivity contribution in [2.45, 2.75) is 13.0 Å². The zero-order chi connectivity index (χ0) is 19.1. The fourth-order valence-electron chi connectivity index (χ4n) is 4.78. The molecule has 2 saturated heterocycles. The first kappa shape index (κ1) is 17.4. The highest BCUT2D eigenvalue weighted by Gasteiger charge is 2.50. The molecule has 3 heterocycles. The Morgan fingerprint density at radius 2 is 1.82 bits per heavy atom. The summed E-state index contributed by atoms with van der Waals surface area (Å²) in [5, 5.41) is 9.24. The quantitative estimate of drug-likeness (QED) is 0.683. The number of anilines is 1. The van der Waals surface area contributed by atoms with Crippen molar-refractivity contribution in [3.05, 3.63) is 76.8 Å². The number of amides is 1. The van der Waals surface area contributed by atoms with Crippen molar-refractivity contribution in [3.8, 4) is 0 Å². The summed E-state index contributed by atoms with van der Waals surface area (Å²) in [4.78, 5) is 17.8. The van der Waals surface area contributed by atoms with E-state index >= 15 is 0 Å². The first-order valence-electron chi connectivity index (χ1n) is 9.65. The number of hydrogen-bond donors (Lipinski definition) is 0. The van der Waals surface area contributed by atoms with Crippen molar-refractivity contribution in [2.24, 2.45) is 11.8 Å². The predicted molar refractivity (Wildman–Crippen MR) is 111 cm³/mol. The minimum Gasteiger partial charge on any atom is -0.346 e. The third-order valence-electron chi connectivity index (χ3n) is 6.07. The van der Waals surface area contributed by atoms with Gasteiger partial charge in [-0.3, -0.25) is 4.79 Å². The van der Waals surface area contributed by atoms with Gasteiger partial charge in [0, 0.05) is 37.0 Å². The van der Waals surface area contributed by atoms with Gasteiger partial charge in [-0.2, -0.15) is 0 Å². The topological polar surface area (TPSA) is 49.3 Å². The average molecular weight is 391 g/mol. The lowest BCUT2D eigenvalue weighted by molar-refractivity contribution is 0.0715. The monoisotopic (exact) mass is 390 g/mol. The summed E-state index contributed by atoms with van der Waals surface area (Å²) in [6.45, 7) is 4.77. The van der Waals surface area contributed by atoms with Crippen LogP contribution in [0.4, 0.5) is 5.13 Å². The molecule has 0 aliphatic carbocycles. The van der Waals surface area contributed by atoms with E-state index in [0.717, 1.165) is 30.3 Å². The molecule has 28 heavy (non-hydrogen) atoms. The van der Waals surface area contributed by atoms with Crippen LogP contribution in [0.25, 0.3) is 0 Å². The maximum absolute atomic E-state index is 13.4. The molecule has 1 amide bonds. The highest BCUT2D eigenvalue weighted by molar-refractivity contribution is 7.13. The Morgan fingerprint density at radius 1 is 1.04 bits per heavy atom. The molecule has 0 saturated carbocycles. The summed E-state index contributed by atoms with van der Waals surface area (Å²) in [5.74, 6) is 0.976. The number of rotatable bonds is 3. The van der Waals surface area contributed by atoms with Gasteiger partial charge < -0.3 is 9.80 Å². The molecule has 0 N–H and O–H groups in total. The number of likely N-dealkylation sites (tertiary alicyclic amines) is 1. The largest absolute Gasteiger partial charge is 0.346 e. The molecule has 5 nitrogen and oxygen atoms in total. The van der Waals surface area contributed by atoms with Gasteiger partial charge in [-0.05, 0) is 30.2 Å². The summed E-state index contributed by atoms with van der Waals surface area (Å²) >= 11 is 1.59. The first-order valence-corrected chi connectivity index (χ1v) is 10.5. The Hall–Kier alpha value is -2.73. The summed E-state index contributed by atoms with van der Waals surface area (Å²) in [6.07, 6.45) is 0. The zero-order valence-electron chi connectivity index (χ0n) is 15.7. The van der Waals surface area contributed by atoms with E-state index in [1.165, 1.54) is 11.1 Å². The molecule has 2 aliphatic rings. The summed E-state index contributed by atoms with van der Waals surface area (Å²) in [5.41, 5.74) is 5.06. The van der Waals surface area contributed by atoms with Gasteiger partial charge in [-0.1, -0.05) is 53.8 Å². The standard InChI is InChI=1S/C22H22N4OS/c1-15-7-5-6-10-18(15)20-19-13-25(22-24-23-14-28-22)11-17(19)12-26(20)21(27)16-8-3-2-4-9-16/h2-10,14,17,19-20H,11-13H2,1H3/t17-,19-,20+/m0/s1. The molecular formula is C22H22N4OS. The van der Waals surface area contributed by atoms with Gasteiger partial charge in [0.05, 0.1) is 6.04 Å². The Morgan fingerprint density at radius 3 is 2.57 bits per heavy atom. The average Bonchev–Trinajstić information content (AvgIpc) is 3.44. The van der Waals surface area contributed by atoms with Gasteiger partial charge in [0.25, 0.3) is 5.91 Å². The Bertz CT molecular complexity index is 975. The lowest BCUT2D eigenvalue weighted by atomic mass is 9.87. The fourth-order valence-corrected chi connectivity index (χ4v) is 5.36. The van der Waals surface area contributed by atoms with Crippen LogP contribution >= 0.6 is 11.3 Å². The van der Waals surface area contributed by atoms with Crippen LogP contribution in [0.1, 0.15) is 27.5 Å². The number of benzene rings is 2. The summed E-state index contributed by atoms with van der Waals surface area (Å²) in [7, 11) is 0. The third-order valence-corrected chi connectivity index (χ3v) is 6.82. The van der Waals surface area contributed by atoms with Crippen LogP contribution in [0.5, 0.6) is 0 Å². The minimum absolute atomic E-state index is 0.0943. The van der Waals surface area contributed by atoms with E-state index in [9.17, 15) is 4.79 Å². The van der Waals surface area contributed by atoms with Gasteiger partial charge in [-0.15, -0.1) is 10.2 Å². The van der Waals surface area contributed by atoms with Crippen molar-refractivity contribution < 1.29 is 4.79 Å². The van der Waals surface area contributed by atoms with Crippen molar-refractivity contribution >= 4 is 22.4 Å². The molecule has 2 fully saturated rings. The molecule has 0 radical (unpaired) electrons. The van der Waals surface area contributed by atoms with Crippen molar-refractivity contribution in [3.63, 3.8) is 0 Å². The van der Waals surface area contributed by atoms with E-state index in [0.29, 0.717) is 11.8 Å². The maximum Gasteiger partial charge on any atom is 0.254 e. The van der Waals surface area contributed by atoms with Crippen molar-refractivity contribution in [1.82, 2.24) is 15.1 Å². The van der Waals surface area contributed by atoms with Crippen LogP contribution in [0, 0.1) is 18.8 Å². The van der Waals surface area contributed by atoms with E-state index in [2.05, 4.69) is 51.2 Å². The van der Waals surface area contributed by atoms with Crippen LogP contribution in [-0.4, -0.2) is 40.6 Å². The molecule has 5 rings (SSSR count). The van der Waals surface area contributed by atoms with Gasteiger partial charge in [0.15, 0.2) is 0 Å². The molecule has 2 aliphatic heterocycles. The molecule has 1 aromatic heterocycles.